The first-order valence-corrected chi connectivity index (χ1v) is 13.9. The fourth-order valence-corrected chi connectivity index (χ4v) is 5.30. The van der Waals surface area contributed by atoms with E-state index in [1.54, 1.807) is 39.9 Å². The third-order valence-electron chi connectivity index (χ3n) is 7.98. The van der Waals surface area contributed by atoms with Gasteiger partial charge in [-0.1, -0.05) is 41.0 Å². The van der Waals surface area contributed by atoms with Crippen molar-refractivity contribution in [2.24, 2.45) is 17.8 Å². The Hall–Kier alpha value is -1.71. The van der Waals surface area contributed by atoms with Crippen LogP contribution in [0.1, 0.15) is 80.6 Å². The summed E-state index contributed by atoms with van der Waals surface area (Å²) < 4.78 is 11.6. The number of ether oxygens (including phenoxy) is 2. The summed E-state index contributed by atoms with van der Waals surface area (Å²) in [7, 11) is 4.98. The maximum absolute atomic E-state index is 13.6. The number of hydrogen-bond donors (Lipinski definition) is 2. The Bertz CT molecular complexity index is 731. The Labute approximate surface area is 224 Å². The molecule has 1 aliphatic rings. The molecule has 0 aliphatic carbocycles. The molecule has 8 unspecified atom stereocenters. The lowest BCUT2D eigenvalue weighted by Crippen LogP contribution is -2.54. The molecular weight excluding hydrogens is 474 g/mol. The molecule has 8 atom stereocenters. The number of likely N-dealkylation sites (N-methyl/N-ethyl adjacent to an activating group) is 1. The van der Waals surface area contributed by atoms with E-state index in [1.165, 1.54) is 0 Å². The number of aliphatic hydroxyl groups is 1. The van der Waals surface area contributed by atoms with Gasteiger partial charge in [-0.05, 0) is 38.5 Å². The quantitative estimate of drug-likeness (QED) is 0.339. The molecule has 37 heavy (non-hydrogen) atoms. The number of rotatable bonds is 15. The summed E-state index contributed by atoms with van der Waals surface area (Å²) in [5, 5.41) is 12.6. The highest BCUT2D eigenvalue weighted by Crippen LogP contribution is 2.29. The van der Waals surface area contributed by atoms with Crippen LogP contribution in [0.15, 0.2) is 0 Å². The van der Waals surface area contributed by atoms with Crippen LogP contribution in [-0.2, 0) is 23.9 Å². The summed E-state index contributed by atoms with van der Waals surface area (Å²) in [6.45, 7) is 14.0. The fourth-order valence-electron chi connectivity index (χ4n) is 5.30. The van der Waals surface area contributed by atoms with E-state index >= 15 is 0 Å². The Balaban J connectivity index is 3.07. The molecule has 2 N–H and O–H groups in total. The molecule has 1 aliphatic heterocycles. The third-order valence-corrected chi connectivity index (χ3v) is 7.98. The van der Waals surface area contributed by atoms with Crippen LogP contribution in [0, 0.1) is 17.8 Å². The molecule has 3 amide bonds. The van der Waals surface area contributed by atoms with Crippen LogP contribution in [0.2, 0.25) is 0 Å². The summed E-state index contributed by atoms with van der Waals surface area (Å²) >= 11 is 0. The summed E-state index contributed by atoms with van der Waals surface area (Å²) in [5.74, 6) is -0.320. The monoisotopic (exact) mass is 527 g/mol. The van der Waals surface area contributed by atoms with Gasteiger partial charge in [0.05, 0.1) is 48.8 Å². The fraction of sp³-hybridized carbons (Fsp3) is 0.893. The second-order valence-electron chi connectivity index (χ2n) is 11.3. The van der Waals surface area contributed by atoms with E-state index in [1.807, 2.05) is 25.8 Å². The number of amides is 3. The zero-order valence-corrected chi connectivity index (χ0v) is 24.8. The standard InChI is InChI=1S/C28H53N3O6/c1-11-18(4)26(30(8)24(33)15-17(2)3)23(36-9)16-25(34)31-14-12-13-22(31)27(37-10)19(5)28(35)29-20(6)21(7)32/h17-23,26-27,32H,11-16H2,1-10H3,(H,29,35). The summed E-state index contributed by atoms with van der Waals surface area (Å²) in [6, 6.07) is -0.847. The second kappa shape index (κ2) is 15.6. The number of methoxy groups -OCH3 is 2. The molecular formula is C28H53N3O6. The predicted octanol–water partition coefficient (Wildman–Crippen LogP) is 2.84. The molecule has 9 nitrogen and oxygen atoms in total. The molecule has 0 spiro atoms. The van der Waals surface area contributed by atoms with Crippen molar-refractivity contribution in [1.82, 2.24) is 15.1 Å². The van der Waals surface area contributed by atoms with Crippen molar-refractivity contribution in [1.29, 1.82) is 0 Å². The molecule has 1 heterocycles. The molecule has 9 heteroatoms. The molecule has 0 aromatic carbocycles. The van der Waals surface area contributed by atoms with Crippen LogP contribution >= 0.6 is 0 Å². The maximum atomic E-state index is 13.6. The van der Waals surface area contributed by atoms with Gasteiger partial charge in [0.2, 0.25) is 17.7 Å². The van der Waals surface area contributed by atoms with Crippen molar-refractivity contribution in [3.63, 3.8) is 0 Å². The maximum Gasteiger partial charge on any atom is 0.225 e. The summed E-state index contributed by atoms with van der Waals surface area (Å²) in [6.07, 6.45) is 1.43. The Morgan fingerprint density at radius 2 is 1.68 bits per heavy atom. The minimum atomic E-state index is -0.670. The van der Waals surface area contributed by atoms with Gasteiger partial charge in [0.25, 0.3) is 0 Å². The molecule has 216 valence electrons. The molecule has 0 aromatic rings. The van der Waals surface area contributed by atoms with Gasteiger partial charge in [-0.3, -0.25) is 14.4 Å². The van der Waals surface area contributed by atoms with Crippen molar-refractivity contribution >= 4 is 17.7 Å². The van der Waals surface area contributed by atoms with Crippen molar-refractivity contribution in [3.05, 3.63) is 0 Å². The lowest BCUT2D eigenvalue weighted by molar-refractivity contribution is -0.146. The van der Waals surface area contributed by atoms with E-state index < -0.39 is 24.2 Å². The number of carbonyl (C=O) groups is 3. The number of carbonyl (C=O) groups excluding carboxylic acids is 3. The van der Waals surface area contributed by atoms with E-state index in [-0.39, 0.29) is 54.1 Å². The van der Waals surface area contributed by atoms with Gasteiger partial charge in [-0.25, -0.2) is 0 Å². The Morgan fingerprint density at radius 3 is 2.16 bits per heavy atom. The SMILES string of the molecule is CCC(C)C(C(CC(=O)N1CCCC1C(OC)C(C)C(=O)NC(C)C(C)O)OC)N(C)C(=O)CC(C)C. The number of nitrogens with zero attached hydrogens (tertiary/aromatic N) is 2. The predicted molar refractivity (Wildman–Crippen MR) is 145 cm³/mol. The van der Waals surface area contributed by atoms with Crippen molar-refractivity contribution in [2.75, 3.05) is 27.8 Å². The third kappa shape index (κ3) is 9.21. The molecule has 0 radical (unpaired) electrons. The highest BCUT2D eigenvalue weighted by Gasteiger charge is 2.42. The van der Waals surface area contributed by atoms with Gasteiger partial charge in [0.15, 0.2) is 0 Å². The number of nitrogens with one attached hydrogen (secondary N) is 1. The van der Waals surface area contributed by atoms with Gasteiger partial charge in [0.1, 0.15) is 0 Å². The summed E-state index contributed by atoms with van der Waals surface area (Å²) in [5.41, 5.74) is 0. The van der Waals surface area contributed by atoms with Crippen LogP contribution < -0.4 is 5.32 Å². The van der Waals surface area contributed by atoms with Crippen LogP contribution in [0.4, 0.5) is 0 Å². The Kier molecular flexibility index (Phi) is 14.1. The van der Waals surface area contributed by atoms with E-state index in [9.17, 15) is 19.5 Å². The van der Waals surface area contributed by atoms with Crippen LogP contribution in [-0.4, -0.2) is 96.9 Å². The van der Waals surface area contributed by atoms with Crippen LogP contribution in [0.3, 0.4) is 0 Å². The molecule has 0 saturated carbocycles. The number of hydrogen-bond acceptors (Lipinski definition) is 6. The molecule has 1 saturated heterocycles. The van der Waals surface area contributed by atoms with Gasteiger partial charge < -0.3 is 29.7 Å². The average Bonchev–Trinajstić information content (AvgIpc) is 3.32. The highest BCUT2D eigenvalue weighted by atomic mass is 16.5. The largest absolute Gasteiger partial charge is 0.391 e. The molecule has 1 fully saturated rings. The average molecular weight is 528 g/mol. The van der Waals surface area contributed by atoms with Gasteiger partial charge in [-0.2, -0.15) is 0 Å². The molecule has 0 aromatic heterocycles. The number of aliphatic hydroxyl groups excluding tert-OH is 1. The molecule has 0 bridgehead atoms. The lowest BCUT2D eigenvalue weighted by atomic mass is 9.90. The topological polar surface area (TPSA) is 108 Å². The first-order valence-electron chi connectivity index (χ1n) is 13.9. The first kappa shape index (κ1) is 33.3. The van der Waals surface area contributed by atoms with E-state index in [0.29, 0.717) is 13.0 Å². The Morgan fingerprint density at radius 1 is 1.05 bits per heavy atom. The van der Waals surface area contributed by atoms with Crippen molar-refractivity contribution in [3.8, 4) is 0 Å². The van der Waals surface area contributed by atoms with Gasteiger partial charge in [0, 0.05) is 34.2 Å². The van der Waals surface area contributed by atoms with Gasteiger partial charge in [-0.15, -0.1) is 0 Å². The highest BCUT2D eigenvalue weighted by molar-refractivity contribution is 5.80. The van der Waals surface area contributed by atoms with Crippen molar-refractivity contribution < 1.29 is 29.0 Å². The minimum Gasteiger partial charge on any atom is -0.391 e. The second-order valence-corrected chi connectivity index (χ2v) is 11.3. The van der Waals surface area contributed by atoms with Crippen LogP contribution in [0.25, 0.3) is 0 Å². The van der Waals surface area contributed by atoms with Crippen LogP contribution in [0.5, 0.6) is 0 Å². The lowest BCUT2D eigenvalue weighted by Gasteiger charge is -2.39. The van der Waals surface area contributed by atoms with E-state index in [2.05, 4.69) is 19.2 Å². The van der Waals surface area contributed by atoms with Crippen molar-refractivity contribution in [2.45, 2.75) is 117 Å². The van der Waals surface area contributed by atoms with E-state index in [0.717, 1.165) is 19.3 Å². The zero-order chi connectivity index (χ0) is 28.4. The number of likely N-dealkylation sites (tertiary alicyclic amines) is 1. The first-order chi connectivity index (χ1) is 17.3. The zero-order valence-electron chi connectivity index (χ0n) is 24.8. The van der Waals surface area contributed by atoms with Gasteiger partial charge >= 0.3 is 0 Å². The molecule has 1 rings (SSSR count). The smallest absolute Gasteiger partial charge is 0.225 e. The minimum absolute atomic E-state index is 0.0551. The summed E-state index contributed by atoms with van der Waals surface area (Å²) in [4.78, 5) is 43.0. The normalized spacial score (nSPS) is 21.6. The van der Waals surface area contributed by atoms with E-state index in [4.69, 9.17) is 9.47 Å².